The molecule has 0 bridgehead atoms. The van der Waals surface area contributed by atoms with Crippen LogP contribution >= 0.6 is 11.6 Å². The molecule has 0 saturated carbocycles. The molecule has 0 aliphatic carbocycles. The van der Waals surface area contributed by atoms with Crippen LogP contribution in [0.2, 0.25) is 5.02 Å². The summed E-state index contributed by atoms with van der Waals surface area (Å²) in [7, 11) is 1.55. The first-order valence-electron chi connectivity index (χ1n) is 5.83. The highest BCUT2D eigenvalue weighted by molar-refractivity contribution is 6.32. The Morgan fingerprint density at radius 1 is 1.47 bits per heavy atom. The van der Waals surface area contributed by atoms with Crippen LogP contribution in [0.4, 0.5) is 5.69 Å². The van der Waals surface area contributed by atoms with Gasteiger partial charge in [0.2, 0.25) is 0 Å². The number of nitrogens with zero attached hydrogens (tertiary/aromatic N) is 3. The van der Waals surface area contributed by atoms with E-state index in [0.29, 0.717) is 5.69 Å². The SMILES string of the molecule is Cc1noc(C)c1C(C)Nc1cnn(C)c(=O)c1Cl. The number of nitrogens with one attached hydrogen (secondary N) is 1. The second kappa shape index (κ2) is 5.05. The van der Waals surface area contributed by atoms with Gasteiger partial charge in [0, 0.05) is 12.6 Å². The van der Waals surface area contributed by atoms with Gasteiger partial charge in [-0.3, -0.25) is 4.79 Å². The van der Waals surface area contributed by atoms with Gasteiger partial charge in [-0.15, -0.1) is 0 Å². The van der Waals surface area contributed by atoms with Crippen molar-refractivity contribution in [3.63, 3.8) is 0 Å². The fourth-order valence-corrected chi connectivity index (χ4v) is 2.25. The van der Waals surface area contributed by atoms with Crippen LogP contribution in [-0.2, 0) is 7.05 Å². The highest BCUT2D eigenvalue weighted by atomic mass is 35.5. The van der Waals surface area contributed by atoms with Gasteiger partial charge in [-0.05, 0) is 20.8 Å². The minimum atomic E-state index is -0.336. The summed E-state index contributed by atoms with van der Waals surface area (Å²) in [4.78, 5) is 11.7. The molecule has 19 heavy (non-hydrogen) atoms. The first-order chi connectivity index (χ1) is 8.91. The van der Waals surface area contributed by atoms with Crippen molar-refractivity contribution in [2.24, 2.45) is 7.05 Å². The Balaban J connectivity index is 2.32. The van der Waals surface area contributed by atoms with E-state index in [0.717, 1.165) is 17.0 Å². The van der Waals surface area contributed by atoms with Crippen molar-refractivity contribution in [1.29, 1.82) is 0 Å². The van der Waals surface area contributed by atoms with Crippen LogP contribution in [0.5, 0.6) is 0 Å². The van der Waals surface area contributed by atoms with Gasteiger partial charge in [-0.2, -0.15) is 5.10 Å². The number of anilines is 1. The quantitative estimate of drug-likeness (QED) is 0.934. The zero-order chi connectivity index (χ0) is 14.2. The normalized spacial score (nSPS) is 12.5. The lowest BCUT2D eigenvalue weighted by atomic mass is 10.1. The summed E-state index contributed by atoms with van der Waals surface area (Å²) in [6, 6.07) is -0.0855. The van der Waals surface area contributed by atoms with E-state index in [-0.39, 0.29) is 16.6 Å². The lowest BCUT2D eigenvalue weighted by molar-refractivity contribution is 0.392. The second-order valence-corrected chi connectivity index (χ2v) is 4.78. The van der Waals surface area contributed by atoms with E-state index in [1.54, 1.807) is 7.05 Å². The fraction of sp³-hybridized carbons (Fsp3) is 0.417. The van der Waals surface area contributed by atoms with E-state index in [1.165, 1.54) is 10.9 Å². The summed E-state index contributed by atoms with van der Waals surface area (Å²) in [6.07, 6.45) is 1.53. The van der Waals surface area contributed by atoms with Crippen molar-refractivity contribution in [3.05, 3.63) is 38.6 Å². The molecular weight excluding hydrogens is 268 g/mol. The number of hydrogen-bond acceptors (Lipinski definition) is 5. The Kier molecular flexibility index (Phi) is 3.61. The van der Waals surface area contributed by atoms with Crippen LogP contribution in [-0.4, -0.2) is 14.9 Å². The summed E-state index contributed by atoms with van der Waals surface area (Å²) in [5.41, 5.74) is 1.93. The third-order valence-corrected chi connectivity index (χ3v) is 3.34. The van der Waals surface area contributed by atoms with Crippen molar-refractivity contribution < 1.29 is 4.52 Å². The molecule has 1 N–H and O–H groups in total. The molecular formula is C12H15ClN4O2. The molecule has 0 aliphatic heterocycles. The van der Waals surface area contributed by atoms with Crippen molar-refractivity contribution in [2.45, 2.75) is 26.8 Å². The number of aromatic nitrogens is 3. The maximum absolute atomic E-state index is 11.7. The van der Waals surface area contributed by atoms with E-state index >= 15 is 0 Å². The molecule has 0 radical (unpaired) electrons. The predicted octanol–water partition coefficient (Wildman–Crippen LogP) is 2.21. The van der Waals surface area contributed by atoms with Gasteiger partial charge in [0.1, 0.15) is 10.8 Å². The standard InChI is InChI=1S/C12H15ClN4O2/c1-6(10-7(2)16-19-8(10)3)15-9-5-14-17(4)12(18)11(9)13/h5-6,15H,1-4H3. The van der Waals surface area contributed by atoms with Crippen LogP contribution < -0.4 is 10.9 Å². The Hall–Kier alpha value is -1.82. The predicted molar refractivity (Wildman–Crippen MR) is 72.5 cm³/mol. The van der Waals surface area contributed by atoms with Gasteiger partial charge >= 0.3 is 0 Å². The van der Waals surface area contributed by atoms with Crippen LogP contribution in [0.15, 0.2) is 15.5 Å². The first-order valence-corrected chi connectivity index (χ1v) is 6.20. The highest BCUT2D eigenvalue weighted by Crippen LogP contribution is 2.26. The number of halogens is 1. The van der Waals surface area contributed by atoms with Crippen molar-refractivity contribution in [2.75, 3.05) is 5.32 Å². The second-order valence-electron chi connectivity index (χ2n) is 4.40. The van der Waals surface area contributed by atoms with E-state index < -0.39 is 0 Å². The van der Waals surface area contributed by atoms with Crippen LogP contribution in [0.1, 0.15) is 30.0 Å². The molecule has 6 nitrogen and oxygen atoms in total. The minimum absolute atomic E-state index is 0.0855. The van der Waals surface area contributed by atoms with Gasteiger partial charge in [-0.25, -0.2) is 4.68 Å². The molecule has 0 aliphatic rings. The third-order valence-electron chi connectivity index (χ3n) is 2.97. The van der Waals surface area contributed by atoms with Crippen LogP contribution in [0, 0.1) is 13.8 Å². The lowest BCUT2D eigenvalue weighted by Crippen LogP contribution is -2.21. The molecule has 2 rings (SSSR count). The van der Waals surface area contributed by atoms with Gasteiger partial charge in [-0.1, -0.05) is 16.8 Å². The molecule has 0 aromatic carbocycles. The van der Waals surface area contributed by atoms with Gasteiger partial charge in [0.25, 0.3) is 5.56 Å². The minimum Gasteiger partial charge on any atom is -0.376 e. The van der Waals surface area contributed by atoms with E-state index in [2.05, 4.69) is 15.6 Å². The molecule has 0 spiro atoms. The van der Waals surface area contributed by atoms with E-state index in [9.17, 15) is 4.79 Å². The largest absolute Gasteiger partial charge is 0.376 e. The molecule has 0 amide bonds. The summed E-state index contributed by atoms with van der Waals surface area (Å²) in [5, 5.41) is 11.1. The van der Waals surface area contributed by atoms with Crippen LogP contribution in [0.25, 0.3) is 0 Å². The zero-order valence-corrected chi connectivity index (χ0v) is 11.9. The maximum atomic E-state index is 11.7. The lowest BCUT2D eigenvalue weighted by Gasteiger charge is -2.15. The Morgan fingerprint density at radius 2 is 2.16 bits per heavy atom. The molecule has 2 aromatic rings. The third kappa shape index (κ3) is 2.49. The van der Waals surface area contributed by atoms with E-state index in [1.807, 2.05) is 20.8 Å². The Labute approximate surface area is 115 Å². The van der Waals surface area contributed by atoms with Crippen molar-refractivity contribution >= 4 is 17.3 Å². The number of aryl methyl sites for hydroxylation is 3. The van der Waals surface area contributed by atoms with Crippen molar-refractivity contribution in [1.82, 2.24) is 14.9 Å². The molecule has 2 heterocycles. The van der Waals surface area contributed by atoms with Gasteiger partial charge in [0.15, 0.2) is 0 Å². The zero-order valence-electron chi connectivity index (χ0n) is 11.2. The van der Waals surface area contributed by atoms with Gasteiger partial charge < -0.3 is 9.84 Å². The summed E-state index contributed by atoms with van der Waals surface area (Å²) >= 11 is 6.01. The first kappa shape index (κ1) is 13.6. The Morgan fingerprint density at radius 3 is 2.74 bits per heavy atom. The molecule has 7 heteroatoms. The average molecular weight is 283 g/mol. The smallest absolute Gasteiger partial charge is 0.287 e. The van der Waals surface area contributed by atoms with Gasteiger partial charge in [0.05, 0.1) is 23.6 Å². The average Bonchev–Trinajstić information content (AvgIpc) is 2.70. The number of rotatable bonds is 3. The van der Waals surface area contributed by atoms with Crippen LogP contribution in [0.3, 0.4) is 0 Å². The summed E-state index contributed by atoms with van der Waals surface area (Å²) < 4.78 is 6.31. The summed E-state index contributed by atoms with van der Waals surface area (Å²) in [6.45, 7) is 5.66. The Bertz CT molecular complexity index is 643. The number of hydrogen-bond donors (Lipinski definition) is 1. The molecule has 1 unspecified atom stereocenters. The molecule has 1 atom stereocenters. The summed E-state index contributed by atoms with van der Waals surface area (Å²) in [5.74, 6) is 0.741. The molecule has 0 saturated heterocycles. The molecule has 102 valence electrons. The van der Waals surface area contributed by atoms with Crippen molar-refractivity contribution in [3.8, 4) is 0 Å². The topological polar surface area (TPSA) is 73.0 Å². The molecule has 0 fully saturated rings. The van der Waals surface area contributed by atoms with E-state index in [4.69, 9.17) is 16.1 Å². The maximum Gasteiger partial charge on any atom is 0.287 e. The highest BCUT2D eigenvalue weighted by Gasteiger charge is 2.18. The monoisotopic (exact) mass is 282 g/mol. The fourth-order valence-electron chi connectivity index (χ4n) is 2.03. The molecule has 2 aromatic heterocycles.